The Kier molecular flexibility index (Phi) is 9.38. The second-order valence-electron chi connectivity index (χ2n) is 5.73. The van der Waals surface area contributed by atoms with E-state index in [1.807, 2.05) is 7.05 Å². The number of aryl methyl sites for hydroxylation is 2. The van der Waals surface area contributed by atoms with E-state index in [2.05, 4.69) is 41.0 Å². The van der Waals surface area contributed by atoms with Crippen LogP contribution >= 0.6 is 35.3 Å². The molecule has 132 valence electrons. The standard InChI is InChI=1S/C16H28N4OS.HI/c1-5-21-11-14-7-9-20(10-14)16(17-4)18-8-6-15-12(2)19-13(3)22-15;/h14H,5-11H2,1-4H3,(H,17,18);1H. The van der Waals surface area contributed by atoms with Crippen LogP contribution in [-0.4, -0.2) is 55.7 Å². The minimum absolute atomic E-state index is 0. The summed E-state index contributed by atoms with van der Waals surface area (Å²) in [5.41, 5.74) is 1.16. The molecule has 1 aromatic rings. The molecule has 1 fully saturated rings. The molecule has 0 saturated carbocycles. The number of ether oxygens (including phenoxy) is 1. The maximum atomic E-state index is 5.54. The molecule has 1 aliphatic rings. The van der Waals surface area contributed by atoms with Crippen LogP contribution in [0.4, 0.5) is 0 Å². The highest BCUT2D eigenvalue weighted by atomic mass is 127. The van der Waals surface area contributed by atoms with Crippen molar-refractivity contribution >= 4 is 41.3 Å². The minimum Gasteiger partial charge on any atom is -0.381 e. The Hall–Kier alpha value is -0.410. The van der Waals surface area contributed by atoms with E-state index in [1.165, 1.54) is 11.3 Å². The van der Waals surface area contributed by atoms with Gasteiger partial charge in [-0.25, -0.2) is 4.98 Å². The number of aliphatic imine (C=N–C) groups is 1. The van der Waals surface area contributed by atoms with E-state index in [1.54, 1.807) is 11.3 Å². The summed E-state index contributed by atoms with van der Waals surface area (Å²) >= 11 is 1.79. The Morgan fingerprint density at radius 3 is 2.87 bits per heavy atom. The summed E-state index contributed by atoms with van der Waals surface area (Å²) in [6.07, 6.45) is 2.19. The lowest BCUT2D eigenvalue weighted by atomic mass is 10.1. The second-order valence-corrected chi connectivity index (χ2v) is 7.01. The summed E-state index contributed by atoms with van der Waals surface area (Å²) in [4.78, 5) is 12.6. The first-order chi connectivity index (χ1) is 10.6. The van der Waals surface area contributed by atoms with Gasteiger partial charge in [0.15, 0.2) is 5.96 Å². The summed E-state index contributed by atoms with van der Waals surface area (Å²) in [7, 11) is 1.86. The van der Waals surface area contributed by atoms with Crippen LogP contribution in [0, 0.1) is 19.8 Å². The molecule has 23 heavy (non-hydrogen) atoms. The molecule has 1 aromatic heterocycles. The van der Waals surface area contributed by atoms with Gasteiger partial charge >= 0.3 is 0 Å². The van der Waals surface area contributed by atoms with Gasteiger partial charge in [-0.05, 0) is 27.2 Å². The summed E-state index contributed by atoms with van der Waals surface area (Å²) < 4.78 is 5.54. The summed E-state index contributed by atoms with van der Waals surface area (Å²) in [6, 6.07) is 0. The van der Waals surface area contributed by atoms with Gasteiger partial charge in [-0.1, -0.05) is 0 Å². The van der Waals surface area contributed by atoms with Crippen molar-refractivity contribution in [2.24, 2.45) is 10.9 Å². The predicted octanol–water partition coefficient (Wildman–Crippen LogP) is 2.85. The van der Waals surface area contributed by atoms with Crippen LogP contribution in [0.1, 0.15) is 28.9 Å². The van der Waals surface area contributed by atoms with Crippen molar-refractivity contribution in [2.75, 3.05) is 39.9 Å². The number of nitrogens with one attached hydrogen (secondary N) is 1. The van der Waals surface area contributed by atoms with Gasteiger partial charge in [-0.3, -0.25) is 4.99 Å². The number of hydrogen-bond acceptors (Lipinski definition) is 4. The van der Waals surface area contributed by atoms with Crippen LogP contribution in [0.3, 0.4) is 0 Å². The van der Waals surface area contributed by atoms with E-state index in [0.29, 0.717) is 5.92 Å². The minimum atomic E-state index is 0. The molecule has 0 amide bonds. The van der Waals surface area contributed by atoms with Crippen molar-refractivity contribution < 1.29 is 4.74 Å². The van der Waals surface area contributed by atoms with E-state index in [0.717, 1.165) is 55.9 Å². The number of guanidine groups is 1. The Labute approximate surface area is 160 Å². The molecule has 7 heteroatoms. The van der Waals surface area contributed by atoms with E-state index >= 15 is 0 Å². The lowest BCUT2D eigenvalue weighted by Gasteiger charge is -2.21. The highest BCUT2D eigenvalue weighted by Crippen LogP contribution is 2.18. The van der Waals surface area contributed by atoms with Crippen molar-refractivity contribution in [1.82, 2.24) is 15.2 Å². The third-order valence-corrected chi connectivity index (χ3v) is 5.12. The fourth-order valence-corrected chi connectivity index (χ4v) is 3.81. The van der Waals surface area contributed by atoms with Crippen LogP contribution in [0.2, 0.25) is 0 Å². The third kappa shape index (κ3) is 6.19. The molecular formula is C16H29IN4OS. The van der Waals surface area contributed by atoms with Gasteiger partial charge in [0, 0.05) is 50.5 Å². The van der Waals surface area contributed by atoms with E-state index in [4.69, 9.17) is 4.74 Å². The predicted molar refractivity (Wildman–Crippen MR) is 108 cm³/mol. The zero-order valence-corrected chi connectivity index (χ0v) is 17.7. The molecular weight excluding hydrogens is 423 g/mol. The van der Waals surface area contributed by atoms with E-state index < -0.39 is 0 Å². The molecule has 0 aliphatic carbocycles. The van der Waals surface area contributed by atoms with Gasteiger partial charge < -0.3 is 15.0 Å². The number of rotatable bonds is 6. The van der Waals surface area contributed by atoms with Gasteiger partial charge in [0.2, 0.25) is 0 Å². The number of nitrogens with zero attached hydrogens (tertiary/aromatic N) is 3. The molecule has 0 radical (unpaired) electrons. The Balaban J connectivity index is 0.00000264. The zero-order valence-electron chi connectivity index (χ0n) is 14.6. The molecule has 0 bridgehead atoms. The lowest BCUT2D eigenvalue weighted by molar-refractivity contribution is 0.114. The molecule has 1 unspecified atom stereocenters. The fraction of sp³-hybridized carbons (Fsp3) is 0.750. The Morgan fingerprint density at radius 1 is 1.48 bits per heavy atom. The number of hydrogen-bond donors (Lipinski definition) is 1. The van der Waals surface area contributed by atoms with Crippen molar-refractivity contribution in [2.45, 2.75) is 33.6 Å². The first-order valence-electron chi connectivity index (χ1n) is 8.10. The summed E-state index contributed by atoms with van der Waals surface area (Å²) in [5, 5.41) is 4.64. The molecule has 2 rings (SSSR count). The quantitative estimate of drug-likeness (QED) is 0.410. The number of halogens is 1. The van der Waals surface area contributed by atoms with Crippen LogP contribution < -0.4 is 5.32 Å². The number of likely N-dealkylation sites (tertiary alicyclic amines) is 1. The van der Waals surface area contributed by atoms with Crippen LogP contribution in [0.15, 0.2) is 4.99 Å². The lowest BCUT2D eigenvalue weighted by Crippen LogP contribution is -2.41. The molecule has 0 aromatic carbocycles. The topological polar surface area (TPSA) is 49.8 Å². The van der Waals surface area contributed by atoms with Crippen LogP contribution in [0.25, 0.3) is 0 Å². The van der Waals surface area contributed by atoms with Gasteiger partial charge in [-0.15, -0.1) is 35.3 Å². The number of aromatic nitrogens is 1. The van der Waals surface area contributed by atoms with E-state index in [9.17, 15) is 0 Å². The molecule has 2 heterocycles. The highest BCUT2D eigenvalue weighted by Gasteiger charge is 2.24. The maximum absolute atomic E-state index is 5.54. The first kappa shape index (κ1) is 20.6. The normalized spacial score (nSPS) is 18.2. The molecule has 5 nitrogen and oxygen atoms in total. The number of thiazole rings is 1. The van der Waals surface area contributed by atoms with Crippen LogP contribution in [-0.2, 0) is 11.2 Å². The highest BCUT2D eigenvalue weighted by molar-refractivity contribution is 14.0. The summed E-state index contributed by atoms with van der Waals surface area (Å²) in [5.74, 6) is 1.64. The van der Waals surface area contributed by atoms with Crippen molar-refractivity contribution in [3.63, 3.8) is 0 Å². The van der Waals surface area contributed by atoms with Crippen molar-refractivity contribution in [3.05, 3.63) is 15.6 Å². The molecule has 0 spiro atoms. The Morgan fingerprint density at radius 2 is 2.26 bits per heavy atom. The van der Waals surface area contributed by atoms with Gasteiger partial charge in [0.1, 0.15) is 0 Å². The van der Waals surface area contributed by atoms with Crippen molar-refractivity contribution in [3.8, 4) is 0 Å². The molecule has 1 atom stereocenters. The van der Waals surface area contributed by atoms with Gasteiger partial charge in [0.05, 0.1) is 17.3 Å². The molecule has 1 saturated heterocycles. The van der Waals surface area contributed by atoms with Gasteiger partial charge in [0.25, 0.3) is 0 Å². The van der Waals surface area contributed by atoms with Crippen molar-refractivity contribution in [1.29, 1.82) is 0 Å². The molecule has 1 N–H and O–H groups in total. The summed E-state index contributed by atoms with van der Waals surface area (Å²) in [6.45, 7) is 10.9. The monoisotopic (exact) mass is 452 g/mol. The SMILES string of the molecule is CCOCC1CCN(C(=NC)NCCc2sc(C)nc2C)C1.I. The average molecular weight is 452 g/mol. The fourth-order valence-electron chi connectivity index (χ4n) is 2.87. The average Bonchev–Trinajstić information content (AvgIpc) is 3.08. The second kappa shape index (κ2) is 10.5. The molecule has 1 aliphatic heterocycles. The third-order valence-electron chi connectivity index (χ3n) is 3.99. The largest absolute Gasteiger partial charge is 0.381 e. The zero-order chi connectivity index (χ0) is 15.9. The Bertz CT molecular complexity index is 506. The smallest absolute Gasteiger partial charge is 0.193 e. The van der Waals surface area contributed by atoms with Gasteiger partial charge in [-0.2, -0.15) is 0 Å². The van der Waals surface area contributed by atoms with Crippen LogP contribution in [0.5, 0.6) is 0 Å². The maximum Gasteiger partial charge on any atom is 0.193 e. The van der Waals surface area contributed by atoms with E-state index in [-0.39, 0.29) is 24.0 Å². The first-order valence-corrected chi connectivity index (χ1v) is 8.92.